The number of hydrogen-bond donors (Lipinski definition) is 0. The van der Waals surface area contributed by atoms with Gasteiger partial charge in [-0.25, -0.2) is 9.37 Å². The normalized spacial score (nSPS) is 11.9. The summed E-state index contributed by atoms with van der Waals surface area (Å²) in [5.74, 6) is 0.112. The molecule has 0 spiro atoms. The molecule has 0 bridgehead atoms. The molecule has 0 saturated carbocycles. The Kier molecular flexibility index (Phi) is 5.24. The van der Waals surface area contributed by atoms with Crippen molar-refractivity contribution in [2.24, 2.45) is 0 Å². The zero-order valence-electron chi connectivity index (χ0n) is 19.6. The summed E-state index contributed by atoms with van der Waals surface area (Å²) in [5.41, 5.74) is 7.56. The third kappa shape index (κ3) is 3.70. The van der Waals surface area contributed by atoms with Gasteiger partial charge in [0.2, 0.25) is 5.71 Å². The van der Waals surface area contributed by atoms with E-state index in [9.17, 15) is 0 Å². The Balaban J connectivity index is 1.69. The smallest absolute Gasteiger partial charge is 0.227 e. The Morgan fingerprint density at radius 3 is 2.24 bits per heavy atom. The molecule has 3 nitrogen and oxygen atoms in total. The van der Waals surface area contributed by atoms with Crippen LogP contribution in [0.3, 0.4) is 0 Å². The average molecular weight is 439 g/mol. The first kappa shape index (κ1) is 21.3. The molecular formula is C29H27FN2O. The van der Waals surface area contributed by atoms with Crippen molar-refractivity contribution in [2.75, 3.05) is 0 Å². The van der Waals surface area contributed by atoms with Gasteiger partial charge in [-0.3, -0.25) is 4.98 Å². The highest BCUT2D eigenvalue weighted by Crippen LogP contribution is 2.37. The molecule has 166 valence electrons. The fourth-order valence-electron chi connectivity index (χ4n) is 4.41. The van der Waals surface area contributed by atoms with Crippen LogP contribution in [0.25, 0.3) is 44.5 Å². The van der Waals surface area contributed by atoms with E-state index < -0.39 is 0 Å². The van der Waals surface area contributed by atoms with E-state index >= 15 is 4.39 Å². The third-order valence-electron chi connectivity index (χ3n) is 6.25. The number of rotatable bonds is 4. The maximum Gasteiger partial charge on any atom is 0.227 e. The van der Waals surface area contributed by atoms with E-state index in [4.69, 9.17) is 4.42 Å². The SMILES string of the molecule is Cc1ccc2c(n1)oc1c(-c3cc(-c4cc(C(C)C)c(F)c(C(C)C)c4)ccn3)cccc12. The Morgan fingerprint density at radius 2 is 1.55 bits per heavy atom. The molecular weight excluding hydrogens is 411 g/mol. The van der Waals surface area contributed by atoms with Gasteiger partial charge in [0.15, 0.2) is 0 Å². The first-order chi connectivity index (χ1) is 15.8. The molecule has 33 heavy (non-hydrogen) atoms. The number of aryl methyl sites for hydroxylation is 1. The predicted molar refractivity (Wildman–Crippen MR) is 133 cm³/mol. The standard InChI is InChI=1S/C29H27FN2O/c1-16(2)24-13-20(14-25(17(3)4)27(24)30)19-11-12-31-26(15-19)23-8-6-7-21-22-10-9-18(5)32-29(22)33-28(21)23/h6-17H,1-5H3. The van der Waals surface area contributed by atoms with Gasteiger partial charge in [-0.05, 0) is 83.5 Å². The van der Waals surface area contributed by atoms with Crippen molar-refractivity contribution < 1.29 is 8.81 Å². The summed E-state index contributed by atoms with van der Waals surface area (Å²) in [6.07, 6.45) is 1.81. The van der Waals surface area contributed by atoms with Gasteiger partial charge >= 0.3 is 0 Å². The molecule has 3 heterocycles. The topological polar surface area (TPSA) is 38.9 Å². The first-order valence-corrected chi connectivity index (χ1v) is 11.4. The predicted octanol–water partition coefficient (Wildman–Crippen LogP) is 8.40. The molecule has 0 atom stereocenters. The zero-order valence-corrected chi connectivity index (χ0v) is 19.6. The summed E-state index contributed by atoms with van der Waals surface area (Å²) >= 11 is 0. The highest BCUT2D eigenvalue weighted by molar-refractivity contribution is 6.08. The van der Waals surface area contributed by atoms with Gasteiger partial charge in [0, 0.05) is 28.2 Å². The molecule has 4 heteroatoms. The van der Waals surface area contributed by atoms with Crippen molar-refractivity contribution in [1.82, 2.24) is 9.97 Å². The van der Waals surface area contributed by atoms with Crippen LogP contribution in [0.1, 0.15) is 56.4 Å². The molecule has 0 aliphatic rings. The lowest BCUT2D eigenvalue weighted by molar-refractivity contribution is 0.573. The van der Waals surface area contributed by atoms with Crippen molar-refractivity contribution in [3.8, 4) is 22.4 Å². The number of nitrogens with zero attached hydrogens (tertiary/aromatic N) is 2. The minimum atomic E-state index is -0.0899. The van der Waals surface area contributed by atoms with Gasteiger partial charge in [-0.15, -0.1) is 0 Å². The Bertz CT molecular complexity index is 1470. The molecule has 0 N–H and O–H groups in total. The minimum Gasteiger partial charge on any atom is -0.437 e. The number of benzene rings is 2. The largest absolute Gasteiger partial charge is 0.437 e. The maximum atomic E-state index is 15.1. The van der Waals surface area contributed by atoms with Gasteiger partial charge < -0.3 is 4.42 Å². The quantitative estimate of drug-likeness (QED) is 0.283. The van der Waals surface area contributed by atoms with Crippen LogP contribution in [-0.4, -0.2) is 9.97 Å². The van der Waals surface area contributed by atoms with Gasteiger partial charge in [-0.1, -0.05) is 39.8 Å². The lowest BCUT2D eigenvalue weighted by Crippen LogP contribution is -2.02. The van der Waals surface area contributed by atoms with Crippen LogP contribution >= 0.6 is 0 Å². The first-order valence-electron chi connectivity index (χ1n) is 11.4. The van der Waals surface area contributed by atoms with Crippen LogP contribution in [0.2, 0.25) is 0 Å². The molecule has 2 aromatic carbocycles. The van der Waals surface area contributed by atoms with E-state index in [0.717, 1.165) is 55.6 Å². The molecule has 3 aromatic heterocycles. The van der Waals surface area contributed by atoms with Crippen molar-refractivity contribution in [2.45, 2.75) is 46.5 Å². The molecule has 5 rings (SSSR count). The van der Waals surface area contributed by atoms with Crippen molar-refractivity contribution in [1.29, 1.82) is 0 Å². The number of hydrogen-bond acceptors (Lipinski definition) is 3. The lowest BCUT2D eigenvalue weighted by atomic mass is 9.90. The van der Waals surface area contributed by atoms with Crippen molar-refractivity contribution >= 4 is 22.1 Å². The molecule has 0 saturated heterocycles. The van der Waals surface area contributed by atoms with E-state index in [1.54, 1.807) is 0 Å². The summed E-state index contributed by atoms with van der Waals surface area (Å²) in [5, 5.41) is 2.02. The lowest BCUT2D eigenvalue weighted by Gasteiger charge is -2.17. The molecule has 0 amide bonds. The van der Waals surface area contributed by atoms with Gasteiger partial charge in [0.1, 0.15) is 11.4 Å². The van der Waals surface area contributed by atoms with Gasteiger partial charge in [-0.2, -0.15) is 0 Å². The Hall–Kier alpha value is -3.53. The summed E-state index contributed by atoms with van der Waals surface area (Å²) in [6.45, 7) is 10.1. The maximum absolute atomic E-state index is 15.1. The van der Waals surface area contributed by atoms with E-state index in [0.29, 0.717) is 5.71 Å². The van der Waals surface area contributed by atoms with E-state index in [1.807, 2.05) is 77.2 Å². The summed E-state index contributed by atoms with van der Waals surface area (Å²) < 4.78 is 21.3. The fraction of sp³-hybridized carbons (Fsp3) is 0.241. The Morgan fingerprint density at radius 1 is 0.818 bits per heavy atom. The van der Waals surface area contributed by atoms with Crippen LogP contribution < -0.4 is 0 Å². The number of halogens is 1. The molecule has 0 radical (unpaired) electrons. The van der Waals surface area contributed by atoms with Gasteiger partial charge in [0.05, 0.1) is 5.69 Å². The van der Waals surface area contributed by atoms with Crippen LogP contribution in [0.4, 0.5) is 4.39 Å². The number of fused-ring (bicyclic) bond motifs is 3. The highest BCUT2D eigenvalue weighted by atomic mass is 19.1. The van der Waals surface area contributed by atoms with Crippen LogP contribution in [0.5, 0.6) is 0 Å². The summed E-state index contributed by atoms with van der Waals surface area (Å²) in [6, 6.07) is 18.1. The number of para-hydroxylation sites is 1. The van der Waals surface area contributed by atoms with E-state index in [-0.39, 0.29) is 17.7 Å². The highest BCUT2D eigenvalue weighted by Gasteiger charge is 2.18. The van der Waals surface area contributed by atoms with Crippen LogP contribution in [-0.2, 0) is 0 Å². The Labute approximate surface area is 193 Å². The van der Waals surface area contributed by atoms with Crippen LogP contribution in [0, 0.1) is 12.7 Å². The summed E-state index contributed by atoms with van der Waals surface area (Å²) in [7, 11) is 0. The zero-order chi connectivity index (χ0) is 23.3. The third-order valence-corrected chi connectivity index (χ3v) is 6.25. The second-order valence-corrected chi connectivity index (χ2v) is 9.30. The molecule has 0 fully saturated rings. The summed E-state index contributed by atoms with van der Waals surface area (Å²) in [4.78, 5) is 9.20. The number of pyridine rings is 2. The van der Waals surface area contributed by atoms with E-state index in [2.05, 4.69) is 28.2 Å². The minimum absolute atomic E-state index is 0.0899. The second-order valence-electron chi connectivity index (χ2n) is 9.30. The molecule has 0 aliphatic heterocycles. The molecule has 0 unspecified atom stereocenters. The molecule has 0 aliphatic carbocycles. The molecule has 5 aromatic rings. The van der Waals surface area contributed by atoms with Gasteiger partial charge in [0.25, 0.3) is 0 Å². The van der Waals surface area contributed by atoms with Crippen LogP contribution in [0.15, 0.2) is 65.2 Å². The van der Waals surface area contributed by atoms with Crippen molar-refractivity contribution in [3.05, 3.63) is 83.4 Å². The monoisotopic (exact) mass is 438 g/mol. The number of aromatic nitrogens is 2. The van der Waals surface area contributed by atoms with E-state index in [1.165, 1.54) is 0 Å². The fourth-order valence-corrected chi connectivity index (χ4v) is 4.41. The number of furan rings is 1. The second kappa shape index (κ2) is 8.11. The van der Waals surface area contributed by atoms with Crippen molar-refractivity contribution in [3.63, 3.8) is 0 Å². The average Bonchev–Trinajstić information content (AvgIpc) is 3.16.